The van der Waals surface area contributed by atoms with Crippen molar-refractivity contribution >= 4 is 11.9 Å². The molecule has 1 aromatic rings. The van der Waals surface area contributed by atoms with Gasteiger partial charge in [-0.2, -0.15) is 0 Å². The van der Waals surface area contributed by atoms with Gasteiger partial charge in [0.1, 0.15) is 5.75 Å². The summed E-state index contributed by atoms with van der Waals surface area (Å²) < 4.78 is 0. The van der Waals surface area contributed by atoms with Gasteiger partial charge in [-0.1, -0.05) is 47.6 Å². The molecule has 1 aromatic carbocycles. The van der Waals surface area contributed by atoms with Crippen molar-refractivity contribution in [3.05, 3.63) is 34.9 Å². The van der Waals surface area contributed by atoms with Crippen LogP contribution in [0.4, 0.5) is 0 Å². The van der Waals surface area contributed by atoms with E-state index in [2.05, 4.69) is 41.5 Å². The van der Waals surface area contributed by atoms with Crippen molar-refractivity contribution < 1.29 is 9.90 Å². The van der Waals surface area contributed by atoms with Crippen LogP contribution in [0, 0.1) is 0 Å². The Hall–Kier alpha value is -1.65. The Bertz CT molecular complexity index is 585. The van der Waals surface area contributed by atoms with Gasteiger partial charge in [0.15, 0.2) is 5.78 Å². The van der Waals surface area contributed by atoms with E-state index in [1.807, 2.05) is 12.1 Å². The second-order valence-corrected chi connectivity index (χ2v) is 8.38. The highest BCUT2D eigenvalue weighted by atomic mass is 16.3. The molecule has 4 nitrogen and oxygen atoms in total. The summed E-state index contributed by atoms with van der Waals surface area (Å²) in [6, 6.07) is 3.30. The van der Waals surface area contributed by atoms with E-state index in [0.717, 1.165) is 16.7 Å². The van der Waals surface area contributed by atoms with Crippen molar-refractivity contribution in [2.45, 2.75) is 64.8 Å². The van der Waals surface area contributed by atoms with Crippen LogP contribution in [0.1, 0.15) is 64.7 Å². The van der Waals surface area contributed by atoms with Crippen LogP contribution in [-0.2, 0) is 15.6 Å². The smallest absolute Gasteiger partial charge is 0.172 e. The van der Waals surface area contributed by atoms with E-state index in [0.29, 0.717) is 18.7 Å². The Morgan fingerprint density at radius 2 is 1.58 bits per heavy atom. The molecule has 0 aliphatic rings. The average Bonchev–Trinajstić information content (AvgIpc) is 2.43. The molecule has 0 saturated heterocycles. The van der Waals surface area contributed by atoms with Gasteiger partial charge < -0.3 is 16.6 Å². The summed E-state index contributed by atoms with van der Waals surface area (Å²) in [6.45, 7) is 12.8. The third-order valence-electron chi connectivity index (χ3n) is 4.03. The first kappa shape index (κ1) is 20.4. The predicted octanol–water partition coefficient (Wildman–Crippen LogP) is 3.25. The van der Waals surface area contributed by atoms with Gasteiger partial charge in [-0.25, -0.2) is 0 Å². The molecule has 0 aliphatic carbocycles. The molecular formula is C20H32N2O2. The topological polar surface area (TPSA) is 89.3 Å². The van der Waals surface area contributed by atoms with E-state index in [-0.39, 0.29) is 16.6 Å². The van der Waals surface area contributed by atoms with E-state index in [1.54, 1.807) is 6.08 Å². The summed E-state index contributed by atoms with van der Waals surface area (Å²) in [6.07, 6.45) is 3.74. The van der Waals surface area contributed by atoms with E-state index < -0.39 is 6.04 Å². The summed E-state index contributed by atoms with van der Waals surface area (Å²) in [4.78, 5) is 12.0. The first-order chi connectivity index (χ1) is 10.9. The fourth-order valence-electron chi connectivity index (χ4n) is 2.52. The SMILES string of the molecule is CC(C)(C)c1cc(C=CC(=O)C(N)CCN)cc(C(C)(C)C)c1O. The zero-order valence-corrected chi connectivity index (χ0v) is 15.8. The van der Waals surface area contributed by atoms with Gasteiger partial charge in [-0.15, -0.1) is 0 Å². The third kappa shape index (κ3) is 5.18. The van der Waals surface area contributed by atoms with Crippen LogP contribution in [-0.4, -0.2) is 23.5 Å². The number of carbonyl (C=O) groups is 1. The summed E-state index contributed by atoms with van der Waals surface area (Å²) in [5.41, 5.74) is 13.5. The Morgan fingerprint density at radius 1 is 1.12 bits per heavy atom. The molecule has 24 heavy (non-hydrogen) atoms. The number of hydrogen-bond acceptors (Lipinski definition) is 4. The van der Waals surface area contributed by atoms with Gasteiger partial charge in [-0.05, 0) is 47.6 Å². The molecule has 0 saturated carbocycles. The largest absolute Gasteiger partial charge is 0.507 e. The minimum absolute atomic E-state index is 0.136. The van der Waals surface area contributed by atoms with Crippen molar-refractivity contribution in [3.63, 3.8) is 0 Å². The molecule has 1 atom stereocenters. The van der Waals surface area contributed by atoms with Crippen molar-refractivity contribution in [2.75, 3.05) is 6.54 Å². The van der Waals surface area contributed by atoms with E-state index in [1.165, 1.54) is 6.08 Å². The molecular weight excluding hydrogens is 300 g/mol. The normalized spacial score (nSPS) is 14.2. The molecule has 0 radical (unpaired) electrons. The molecule has 134 valence electrons. The van der Waals surface area contributed by atoms with E-state index in [4.69, 9.17) is 11.5 Å². The molecule has 1 rings (SSSR count). The van der Waals surface area contributed by atoms with Gasteiger partial charge in [0.05, 0.1) is 6.04 Å². The summed E-state index contributed by atoms with van der Waals surface area (Å²) in [5.74, 6) is 0.196. The number of hydrogen-bond donors (Lipinski definition) is 3. The number of nitrogens with two attached hydrogens (primary N) is 2. The zero-order valence-electron chi connectivity index (χ0n) is 15.8. The lowest BCUT2D eigenvalue weighted by atomic mass is 9.78. The van der Waals surface area contributed by atoms with Crippen LogP contribution < -0.4 is 11.5 Å². The second kappa shape index (κ2) is 7.49. The quantitative estimate of drug-likeness (QED) is 0.722. The highest BCUT2D eigenvalue weighted by molar-refractivity contribution is 5.97. The molecule has 0 spiro atoms. The number of phenolic OH excluding ortho intramolecular Hbond substituents is 1. The van der Waals surface area contributed by atoms with Crippen LogP contribution in [0.5, 0.6) is 5.75 Å². The Balaban J connectivity index is 3.32. The number of benzene rings is 1. The van der Waals surface area contributed by atoms with Crippen molar-refractivity contribution in [1.82, 2.24) is 0 Å². The first-order valence-electron chi connectivity index (χ1n) is 8.43. The Labute approximate surface area is 145 Å². The molecule has 0 bridgehead atoms. The number of carbonyl (C=O) groups excluding carboxylic acids is 1. The maximum absolute atomic E-state index is 12.0. The summed E-state index contributed by atoms with van der Waals surface area (Å²) >= 11 is 0. The maximum atomic E-state index is 12.0. The number of rotatable bonds is 5. The van der Waals surface area contributed by atoms with Crippen molar-refractivity contribution in [2.24, 2.45) is 11.5 Å². The Morgan fingerprint density at radius 3 is 1.96 bits per heavy atom. The molecule has 0 amide bonds. The van der Waals surface area contributed by atoms with Crippen molar-refractivity contribution in [1.29, 1.82) is 0 Å². The molecule has 1 unspecified atom stereocenters. The monoisotopic (exact) mass is 332 g/mol. The number of aromatic hydroxyl groups is 1. The van der Waals surface area contributed by atoms with Gasteiger partial charge in [0.25, 0.3) is 0 Å². The van der Waals surface area contributed by atoms with E-state index >= 15 is 0 Å². The van der Waals surface area contributed by atoms with Crippen molar-refractivity contribution in [3.8, 4) is 5.75 Å². The maximum Gasteiger partial charge on any atom is 0.172 e. The lowest BCUT2D eigenvalue weighted by Crippen LogP contribution is -2.31. The van der Waals surface area contributed by atoms with Gasteiger partial charge in [0, 0.05) is 11.1 Å². The second-order valence-electron chi connectivity index (χ2n) is 8.38. The van der Waals surface area contributed by atoms with Crippen LogP contribution in [0.25, 0.3) is 6.08 Å². The molecule has 4 heteroatoms. The fraction of sp³-hybridized carbons (Fsp3) is 0.550. The lowest BCUT2D eigenvalue weighted by Gasteiger charge is -2.27. The van der Waals surface area contributed by atoms with E-state index in [9.17, 15) is 9.90 Å². The Kier molecular flexibility index (Phi) is 6.37. The molecule has 0 heterocycles. The molecule has 0 fully saturated rings. The zero-order chi connectivity index (χ0) is 18.7. The minimum atomic E-state index is -0.562. The van der Waals surface area contributed by atoms with Crippen LogP contribution in [0.15, 0.2) is 18.2 Å². The highest BCUT2D eigenvalue weighted by Crippen LogP contribution is 2.39. The summed E-state index contributed by atoms with van der Waals surface area (Å²) in [5, 5.41) is 10.7. The van der Waals surface area contributed by atoms with Crippen LogP contribution in [0.2, 0.25) is 0 Å². The molecule has 0 aromatic heterocycles. The third-order valence-corrected chi connectivity index (χ3v) is 4.03. The standard InChI is InChI=1S/C20H32N2O2/c1-19(2,3)14-11-13(7-8-17(23)16(22)9-10-21)12-15(18(14)24)20(4,5)6/h7-8,11-12,16,24H,9-10,21-22H2,1-6H3. The minimum Gasteiger partial charge on any atom is -0.507 e. The van der Waals surface area contributed by atoms with Gasteiger partial charge in [0.2, 0.25) is 0 Å². The average molecular weight is 332 g/mol. The van der Waals surface area contributed by atoms with Crippen LogP contribution in [0.3, 0.4) is 0 Å². The predicted molar refractivity (Wildman–Crippen MR) is 101 cm³/mol. The van der Waals surface area contributed by atoms with Gasteiger partial charge in [-0.3, -0.25) is 4.79 Å². The highest BCUT2D eigenvalue weighted by Gasteiger charge is 2.26. The first-order valence-corrected chi connectivity index (χ1v) is 8.43. The lowest BCUT2D eigenvalue weighted by molar-refractivity contribution is -0.115. The number of ketones is 1. The molecule has 5 N–H and O–H groups in total. The number of phenols is 1. The van der Waals surface area contributed by atoms with Gasteiger partial charge >= 0.3 is 0 Å². The fourth-order valence-corrected chi connectivity index (χ4v) is 2.52. The molecule has 0 aliphatic heterocycles. The summed E-state index contributed by atoms with van der Waals surface area (Å²) in [7, 11) is 0. The van der Waals surface area contributed by atoms with Crippen LogP contribution >= 0.6 is 0 Å².